The first-order valence-corrected chi connectivity index (χ1v) is 9.68. The maximum Gasteiger partial charge on any atom is 0.253 e. The Balaban J connectivity index is 1.60. The molecule has 1 saturated carbocycles. The SMILES string of the molecule is Cc1nc(C2(NC(=O)c3cc(C)n(Cc4ccccn4)c3C)CCCC2)no1. The Morgan fingerprint density at radius 3 is 2.68 bits per heavy atom. The molecule has 1 fully saturated rings. The van der Waals surface area contributed by atoms with Gasteiger partial charge in [0.2, 0.25) is 5.89 Å². The second-order valence-corrected chi connectivity index (χ2v) is 7.57. The monoisotopic (exact) mass is 379 g/mol. The Morgan fingerprint density at radius 1 is 1.25 bits per heavy atom. The first-order valence-electron chi connectivity index (χ1n) is 9.68. The summed E-state index contributed by atoms with van der Waals surface area (Å²) in [4.78, 5) is 22.0. The summed E-state index contributed by atoms with van der Waals surface area (Å²) in [6.07, 6.45) is 5.50. The molecule has 3 aromatic rings. The van der Waals surface area contributed by atoms with Crippen LogP contribution in [-0.2, 0) is 12.1 Å². The van der Waals surface area contributed by atoms with Crippen LogP contribution in [0.2, 0.25) is 0 Å². The van der Waals surface area contributed by atoms with E-state index in [1.54, 1.807) is 13.1 Å². The predicted octanol–water partition coefficient (Wildman–Crippen LogP) is 3.44. The highest BCUT2D eigenvalue weighted by Gasteiger charge is 2.41. The lowest BCUT2D eigenvalue weighted by Crippen LogP contribution is -2.44. The molecule has 7 heteroatoms. The van der Waals surface area contributed by atoms with Crippen LogP contribution in [0.4, 0.5) is 0 Å². The highest BCUT2D eigenvalue weighted by Crippen LogP contribution is 2.37. The molecule has 3 aromatic heterocycles. The molecule has 1 N–H and O–H groups in total. The number of carbonyl (C=O) groups is 1. The number of hydrogen-bond acceptors (Lipinski definition) is 5. The third-order valence-electron chi connectivity index (χ3n) is 5.63. The minimum Gasteiger partial charge on any atom is -0.342 e. The van der Waals surface area contributed by atoms with Crippen LogP contribution in [0.1, 0.15) is 64.8 Å². The average Bonchev–Trinajstić information content (AvgIpc) is 3.39. The van der Waals surface area contributed by atoms with Crippen molar-refractivity contribution in [1.29, 1.82) is 0 Å². The van der Waals surface area contributed by atoms with Gasteiger partial charge in [0, 0.05) is 24.5 Å². The molecule has 0 bridgehead atoms. The smallest absolute Gasteiger partial charge is 0.253 e. The summed E-state index contributed by atoms with van der Waals surface area (Å²) >= 11 is 0. The molecule has 0 spiro atoms. The first-order chi connectivity index (χ1) is 13.5. The van der Waals surface area contributed by atoms with Crippen LogP contribution in [0.5, 0.6) is 0 Å². The zero-order valence-corrected chi connectivity index (χ0v) is 16.5. The Morgan fingerprint density at radius 2 is 2.04 bits per heavy atom. The molecule has 1 aliphatic rings. The fourth-order valence-corrected chi connectivity index (χ4v) is 4.09. The standard InChI is InChI=1S/C21H25N5O2/c1-14-12-18(15(2)26(14)13-17-8-4-7-11-22-17)19(27)24-21(9-5-6-10-21)20-23-16(3)28-25-20/h4,7-8,11-12H,5-6,9-10,13H2,1-3H3,(H,24,27). The van der Waals surface area contributed by atoms with E-state index in [1.165, 1.54) is 0 Å². The molecule has 0 unspecified atom stereocenters. The molecule has 0 aromatic carbocycles. The Bertz CT molecular complexity index is 984. The van der Waals surface area contributed by atoms with Crippen LogP contribution in [0.25, 0.3) is 0 Å². The minimum absolute atomic E-state index is 0.0928. The summed E-state index contributed by atoms with van der Waals surface area (Å²) in [6.45, 7) is 6.40. The maximum atomic E-state index is 13.2. The van der Waals surface area contributed by atoms with Crippen LogP contribution in [0.15, 0.2) is 35.0 Å². The van der Waals surface area contributed by atoms with Gasteiger partial charge in [-0.15, -0.1) is 0 Å². The number of nitrogens with zero attached hydrogens (tertiary/aromatic N) is 4. The number of nitrogens with one attached hydrogen (secondary N) is 1. The van der Waals surface area contributed by atoms with Crippen molar-refractivity contribution < 1.29 is 9.32 Å². The molecule has 4 rings (SSSR count). The largest absolute Gasteiger partial charge is 0.342 e. The van der Waals surface area contributed by atoms with Crippen LogP contribution in [0.3, 0.4) is 0 Å². The molecule has 0 saturated heterocycles. The summed E-state index contributed by atoms with van der Waals surface area (Å²) in [7, 11) is 0. The van der Waals surface area contributed by atoms with Crippen molar-refractivity contribution in [1.82, 2.24) is 25.0 Å². The first kappa shape index (κ1) is 18.4. The molecule has 0 radical (unpaired) electrons. The van der Waals surface area contributed by atoms with Crippen molar-refractivity contribution in [3.63, 3.8) is 0 Å². The van der Waals surface area contributed by atoms with Gasteiger partial charge in [-0.25, -0.2) is 0 Å². The molecule has 146 valence electrons. The second-order valence-electron chi connectivity index (χ2n) is 7.57. The van der Waals surface area contributed by atoms with Crippen LogP contribution < -0.4 is 5.32 Å². The van der Waals surface area contributed by atoms with Gasteiger partial charge in [-0.3, -0.25) is 9.78 Å². The van der Waals surface area contributed by atoms with Crippen LogP contribution in [0, 0.1) is 20.8 Å². The lowest BCUT2D eigenvalue weighted by atomic mass is 9.96. The van der Waals surface area contributed by atoms with E-state index in [9.17, 15) is 4.79 Å². The summed E-state index contributed by atoms with van der Waals surface area (Å²) in [6, 6.07) is 7.81. The number of amides is 1. The van der Waals surface area contributed by atoms with Gasteiger partial charge in [-0.2, -0.15) is 4.98 Å². The Labute approximate surface area is 164 Å². The number of rotatable bonds is 5. The van der Waals surface area contributed by atoms with Gasteiger partial charge < -0.3 is 14.4 Å². The van der Waals surface area contributed by atoms with E-state index >= 15 is 0 Å². The number of pyridine rings is 1. The number of hydrogen-bond donors (Lipinski definition) is 1. The van der Waals surface area contributed by atoms with Gasteiger partial charge in [0.1, 0.15) is 5.54 Å². The Hall–Kier alpha value is -2.96. The average molecular weight is 379 g/mol. The van der Waals surface area contributed by atoms with E-state index in [0.717, 1.165) is 42.8 Å². The van der Waals surface area contributed by atoms with Gasteiger partial charge >= 0.3 is 0 Å². The van der Waals surface area contributed by atoms with Crippen molar-refractivity contribution in [3.8, 4) is 0 Å². The zero-order chi connectivity index (χ0) is 19.7. The predicted molar refractivity (Wildman–Crippen MR) is 104 cm³/mol. The second kappa shape index (κ2) is 7.22. The minimum atomic E-state index is -0.543. The normalized spacial score (nSPS) is 15.7. The third kappa shape index (κ3) is 3.32. The number of aryl methyl sites for hydroxylation is 2. The van der Waals surface area contributed by atoms with E-state index in [-0.39, 0.29) is 5.91 Å². The highest BCUT2D eigenvalue weighted by atomic mass is 16.5. The zero-order valence-electron chi connectivity index (χ0n) is 16.5. The fraction of sp³-hybridized carbons (Fsp3) is 0.429. The molecule has 7 nitrogen and oxygen atoms in total. The molecule has 0 aliphatic heterocycles. The summed E-state index contributed by atoms with van der Waals surface area (Å²) in [5.74, 6) is 1.01. The van der Waals surface area contributed by atoms with Crippen LogP contribution >= 0.6 is 0 Å². The molecular weight excluding hydrogens is 354 g/mol. The summed E-state index contributed by atoms with van der Waals surface area (Å²) in [5.41, 5.74) is 3.06. The van der Waals surface area contributed by atoms with Gasteiger partial charge in [0.15, 0.2) is 5.82 Å². The van der Waals surface area contributed by atoms with Crippen molar-refractivity contribution in [2.45, 2.75) is 58.5 Å². The van der Waals surface area contributed by atoms with Crippen molar-refractivity contribution in [2.24, 2.45) is 0 Å². The van der Waals surface area contributed by atoms with Crippen molar-refractivity contribution >= 4 is 5.91 Å². The van der Waals surface area contributed by atoms with E-state index in [1.807, 2.05) is 38.1 Å². The maximum absolute atomic E-state index is 13.2. The quantitative estimate of drug-likeness (QED) is 0.734. The van der Waals surface area contributed by atoms with Gasteiger partial charge in [0.25, 0.3) is 5.91 Å². The third-order valence-corrected chi connectivity index (χ3v) is 5.63. The molecule has 1 aliphatic carbocycles. The molecular formula is C21H25N5O2. The molecule has 1 amide bonds. The van der Waals surface area contributed by atoms with E-state index in [0.29, 0.717) is 23.8 Å². The van der Waals surface area contributed by atoms with Crippen molar-refractivity contribution in [2.75, 3.05) is 0 Å². The summed E-state index contributed by atoms with van der Waals surface area (Å²) in [5, 5.41) is 7.33. The Kier molecular flexibility index (Phi) is 4.75. The fourth-order valence-electron chi connectivity index (χ4n) is 4.09. The van der Waals surface area contributed by atoms with Crippen molar-refractivity contribution in [3.05, 3.63) is 64.8 Å². The molecule has 0 atom stereocenters. The van der Waals surface area contributed by atoms with E-state index in [2.05, 4.69) is 25.0 Å². The number of carbonyl (C=O) groups excluding carboxylic acids is 1. The topological polar surface area (TPSA) is 85.8 Å². The lowest BCUT2D eigenvalue weighted by molar-refractivity contribution is 0.0891. The molecule has 3 heterocycles. The van der Waals surface area contributed by atoms with Crippen LogP contribution in [-0.4, -0.2) is 25.6 Å². The number of aromatic nitrogens is 4. The molecule has 28 heavy (non-hydrogen) atoms. The lowest BCUT2D eigenvalue weighted by Gasteiger charge is -2.26. The summed E-state index contributed by atoms with van der Waals surface area (Å²) < 4.78 is 7.30. The van der Waals surface area contributed by atoms with Gasteiger partial charge in [-0.1, -0.05) is 24.1 Å². The van der Waals surface area contributed by atoms with E-state index < -0.39 is 5.54 Å². The van der Waals surface area contributed by atoms with E-state index in [4.69, 9.17) is 4.52 Å². The highest BCUT2D eigenvalue weighted by molar-refractivity contribution is 5.96. The van der Waals surface area contributed by atoms with Gasteiger partial charge in [-0.05, 0) is 44.9 Å². The van der Waals surface area contributed by atoms with Gasteiger partial charge in [0.05, 0.1) is 17.8 Å².